The van der Waals surface area contributed by atoms with Gasteiger partial charge in [-0.2, -0.15) is 9.78 Å². The minimum atomic E-state index is -0.347. The van der Waals surface area contributed by atoms with E-state index in [1.54, 1.807) is 30.3 Å². The van der Waals surface area contributed by atoms with Crippen LogP contribution in [0.5, 0.6) is 0 Å². The molecule has 4 rings (SSSR count). The number of hydrogen-bond acceptors (Lipinski definition) is 5. The molecule has 0 unspecified atom stereocenters. The summed E-state index contributed by atoms with van der Waals surface area (Å²) in [7, 11) is 0. The first-order chi connectivity index (χ1) is 12.1. The highest BCUT2D eigenvalue weighted by molar-refractivity contribution is 9.10. The fourth-order valence-electron chi connectivity index (χ4n) is 2.65. The molecule has 8 heteroatoms. The summed E-state index contributed by atoms with van der Waals surface area (Å²) in [6, 6.07) is 12.5. The molecular weight excluding hydrogens is 404 g/mol. The van der Waals surface area contributed by atoms with Crippen LogP contribution in [0.3, 0.4) is 0 Å². The first kappa shape index (κ1) is 16.0. The number of carbonyl (C=O) groups excluding carboxylic acids is 1. The van der Waals surface area contributed by atoms with E-state index in [2.05, 4.69) is 31.3 Å². The maximum absolute atomic E-state index is 12.8. The van der Waals surface area contributed by atoms with Crippen molar-refractivity contribution in [2.24, 2.45) is 5.10 Å². The lowest BCUT2D eigenvalue weighted by atomic mass is 10.1. The maximum atomic E-state index is 12.8. The molecule has 1 aromatic heterocycles. The van der Waals surface area contributed by atoms with Crippen LogP contribution >= 0.6 is 27.7 Å². The third kappa shape index (κ3) is 2.67. The minimum absolute atomic E-state index is 0.186. The number of aromatic nitrogens is 2. The number of fused-ring (bicyclic) bond motifs is 2. The molecule has 0 saturated heterocycles. The van der Waals surface area contributed by atoms with E-state index >= 15 is 0 Å². The molecule has 0 radical (unpaired) electrons. The van der Waals surface area contributed by atoms with Gasteiger partial charge in [0.05, 0.1) is 16.6 Å². The van der Waals surface area contributed by atoms with Crippen LogP contribution in [0.1, 0.15) is 5.56 Å². The molecule has 0 atom stereocenters. The molecule has 0 spiro atoms. The van der Waals surface area contributed by atoms with E-state index in [0.717, 1.165) is 4.47 Å². The maximum Gasteiger partial charge on any atom is 0.282 e. The second-order valence-electron chi connectivity index (χ2n) is 5.33. The van der Waals surface area contributed by atoms with Crippen molar-refractivity contribution in [3.8, 4) is 0 Å². The summed E-state index contributed by atoms with van der Waals surface area (Å²) in [6.07, 6.45) is 1.81. The molecule has 124 valence electrons. The topological polar surface area (TPSA) is 76.3 Å². The highest BCUT2D eigenvalue weighted by Gasteiger charge is 2.27. The number of benzene rings is 2. The number of hydrogen-bond donors (Lipinski definition) is 1. The third-order valence-corrected chi connectivity index (χ3v) is 4.93. The molecular formula is C17H11BrN4O2S. The summed E-state index contributed by atoms with van der Waals surface area (Å²) in [5.74, 6) is -0.347. The van der Waals surface area contributed by atoms with Gasteiger partial charge in [0.25, 0.3) is 11.5 Å². The second-order valence-corrected chi connectivity index (χ2v) is 7.01. The summed E-state index contributed by atoms with van der Waals surface area (Å²) in [5, 5.41) is 7.98. The molecule has 0 bridgehead atoms. The van der Waals surface area contributed by atoms with Crippen LogP contribution in [0, 0.1) is 0 Å². The van der Waals surface area contributed by atoms with Gasteiger partial charge >= 0.3 is 0 Å². The van der Waals surface area contributed by atoms with Gasteiger partial charge in [-0.15, -0.1) is 0 Å². The van der Waals surface area contributed by atoms with Gasteiger partial charge in [-0.1, -0.05) is 39.8 Å². The predicted octanol–water partition coefficient (Wildman–Crippen LogP) is 3.09. The van der Waals surface area contributed by atoms with E-state index in [4.69, 9.17) is 0 Å². The number of rotatable bonds is 2. The van der Waals surface area contributed by atoms with Gasteiger partial charge in [-0.25, -0.2) is 4.98 Å². The van der Waals surface area contributed by atoms with Crippen molar-refractivity contribution in [2.45, 2.75) is 5.16 Å². The summed E-state index contributed by atoms with van der Waals surface area (Å²) in [4.78, 5) is 29.6. The number of halogens is 1. The van der Waals surface area contributed by atoms with E-state index in [0.29, 0.717) is 27.3 Å². The van der Waals surface area contributed by atoms with Crippen molar-refractivity contribution < 1.29 is 4.79 Å². The number of thioether (sulfide) groups is 1. The summed E-state index contributed by atoms with van der Waals surface area (Å²) >= 11 is 4.69. The van der Waals surface area contributed by atoms with E-state index in [9.17, 15) is 9.59 Å². The molecule has 3 aromatic rings. The van der Waals surface area contributed by atoms with E-state index < -0.39 is 0 Å². The van der Waals surface area contributed by atoms with Gasteiger partial charge in [0.15, 0.2) is 10.9 Å². The number of nitrogens with zero attached hydrogens (tertiary/aromatic N) is 3. The Morgan fingerprint density at radius 1 is 1.20 bits per heavy atom. The summed E-state index contributed by atoms with van der Waals surface area (Å²) < 4.78 is 2.02. The van der Waals surface area contributed by atoms with E-state index in [1.807, 2.05) is 18.4 Å². The Labute approximate surface area is 155 Å². The number of anilines is 1. The Morgan fingerprint density at radius 2 is 2.00 bits per heavy atom. The number of amides is 1. The van der Waals surface area contributed by atoms with Gasteiger partial charge in [0.1, 0.15) is 0 Å². The van der Waals surface area contributed by atoms with Gasteiger partial charge in [-0.05, 0) is 36.6 Å². The van der Waals surface area contributed by atoms with E-state index in [1.165, 1.54) is 16.4 Å². The number of para-hydroxylation sites is 1. The van der Waals surface area contributed by atoms with Gasteiger partial charge < -0.3 is 5.32 Å². The van der Waals surface area contributed by atoms with Crippen LogP contribution in [-0.4, -0.2) is 27.5 Å². The zero-order valence-electron chi connectivity index (χ0n) is 13.0. The Hall–Kier alpha value is -2.45. The number of carbonyl (C=O) groups is 1. The average Bonchev–Trinajstić information content (AvgIpc) is 2.92. The van der Waals surface area contributed by atoms with Crippen LogP contribution < -0.4 is 10.9 Å². The summed E-state index contributed by atoms with van der Waals surface area (Å²) in [5.41, 5.74) is 1.79. The molecule has 1 N–H and O–H groups in total. The SMILES string of the molecule is CSc1nc2ccccc2c(=O)n1/N=C1\C(=O)Nc2ccc(Br)cc21. The average molecular weight is 415 g/mol. The fourth-order valence-corrected chi connectivity index (χ4v) is 3.50. The highest BCUT2D eigenvalue weighted by Crippen LogP contribution is 2.27. The van der Waals surface area contributed by atoms with Gasteiger partial charge in [0.2, 0.25) is 0 Å². The predicted molar refractivity (Wildman–Crippen MR) is 102 cm³/mol. The van der Waals surface area contributed by atoms with Crippen molar-refractivity contribution in [2.75, 3.05) is 11.6 Å². The molecule has 1 aliphatic heterocycles. The molecule has 0 fully saturated rings. The zero-order chi connectivity index (χ0) is 17.6. The van der Waals surface area contributed by atoms with Crippen LogP contribution in [0.15, 0.2) is 62.0 Å². The van der Waals surface area contributed by atoms with Crippen LogP contribution in [0.2, 0.25) is 0 Å². The van der Waals surface area contributed by atoms with Crippen molar-refractivity contribution in [3.05, 3.63) is 62.9 Å². The largest absolute Gasteiger partial charge is 0.320 e. The van der Waals surface area contributed by atoms with Crippen molar-refractivity contribution >= 4 is 55.9 Å². The van der Waals surface area contributed by atoms with Crippen molar-refractivity contribution in [3.63, 3.8) is 0 Å². The molecule has 25 heavy (non-hydrogen) atoms. The Bertz CT molecular complexity index is 1120. The molecule has 2 heterocycles. The smallest absolute Gasteiger partial charge is 0.282 e. The zero-order valence-corrected chi connectivity index (χ0v) is 15.4. The highest BCUT2D eigenvalue weighted by atomic mass is 79.9. The lowest BCUT2D eigenvalue weighted by Crippen LogP contribution is -2.24. The van der Waals surface area contributed by atoms with E-state index in [-0.39, 0.29) is 17.2 Å². The standard InChI is InChI=1S/C17H11BrN4O2S/c1-25-17-20-12-5-3-2-4-10(12)16(24)22(17)21-14-11-8-9(18)6-7-13(11)19-15(14)23/h2-8H,1H3,(H,19,21,23). The lowest BCUT2D eigenvalue weighted by molar-refractivity contribution is -0.110. The number of nitrogens with one attached hydrogen (secondary N) is 1. The summed E-state index contributed by atoms with van der Waals surface area (Å²) in [6.45, 7) is 0. The molecule has 1 aliphatic rings. The second kappa shape index (κ2) is 6.12. The first-order valence-corrected chi connectivity index (χ1v) is 9.36. The fraction of sp³-hybridized carbons (Fsp3) is 0.0588. The monoisotopic (exact) mass is 414 g/mol. The molecule has 2 aromatic carbocycles. The lowest BCUT2D eigenvalue weighted by Gasteiger charge is -2.07. The van der Waals surface area contributed by atoms with Crippen molar-refractivity contribution in [1.82, 2.24) is 9.66 Å². The first-order valence-electron chi connectivity index (χ1n) is 7.34. The quantitative estimate of drug-likeness (QED) is 0.516. The van der Waals surface area contributed by atoms with Gasteiger partial charge in [0, 0.05) is 10.0 Å². The molecule has 0 aliphatic carbocycles. The molecule has 0 saturated carbocycles. The molecule has 6 nitrogen and oxygen atoms in total. The van der Waals surface area contributed by atoms with Crippen LogP contribution in [0.4, 0.5) is 5.69 Å². The normalized spacial score (nSPS) is 14.8. The Morgan fingerprint density at radius 3 is 2.80 bits per heavy atom. The van der Waals surface area contributed by atoms with Gasteiger partial charge in [-0.3, -0.25) is 9.59 Å². The third-order valence-electron chi connectivity index (χ3n) is 3.81. The Kier molecular flexibility index (Phi) is 3.93. The van der Waals surface area contributed by atoms with Crippen LogP contribution in [0.25, 0.3) is 10.9 Å². The van der Waals surface area contributed by atoms with Crippen molar-refractivity contribution in [1.29, 1.82) is 0 Å². The Balaban J connectivity index is 1.99. The molecule has 1 amide bonds. The minimum Gasteiger partial charge on any atom is -0.320 e. The van der Waals surface area contributed by atoms with Crippen LogP contribution in [-0.2, 0) is 4.79 Å².